The number of nitrogens with zero attached hydrogens (tertiary/aromatic N) is 3. The van der Waals surface area contributed by atoms with E-state index in [1.807, 2.05) is 0 Å². The van der Waals surface area contributed by atoms with Gasteiger partial charge in [-0.3, -0.25) is 4.98 Å². The number of benzene rings is 1. The molecule has 22 heavy (non-hydrogen) atoms. The van der Waals surface area contributed by atoms with Crippen molar-refractivity contribution in [2.75, 3.05) is 5.73 Å². The van der Waals surface area contributed by atoms with Crippen molar-refractivity contribution >= 4 is 17.3 Å². The van der Waals surface area contributed by atoms with E-state index >= 15 is 0 Å². The predicted molar refractivity (Wildman–Crippen MR) is 81.2 cm³/mol. The fourth-order valence-corrected chi connectivity index (χ4v) is 2.01. The molecule has 2 N–H and O–H groups in total. The molecule has 2 heterocycles. The topological polar surface area (TPSA) is 73.9 Å². The zero-order valence-electron chi connectivity index (χ0n) is 11.2. The second-order valence-electron chi connectivity index (χ2n) is 4.37. The zero-order chi connectivity index (χ0) is 15.5. The lowest BCUT2D eigenvalue weighted by Gasteiger charge is -2.11. The van der Waals surface area contributed by atoms with E-state index in [0.717, 1.165) is 0 Å². The monoisotopic (exact) mass is 316 g/mol. The summed E-state index contributed by atoms with van der Waals surface area (Å²) in [4.78, 5) is 12.0. The molecule has 0 atom stereocenters. The number of hydrogen-bond donors (Lipinski definition) is 1. The van der Waals surface area contributed by atoms with Crippen LogP contribution in [0.1, 0.15) is 0 Å². The third kappa shape index (κ3) is 2.96. The normalized spacial score (nSPS) is 10.5. The SMILES string of the molecule is Nc1ccc(Oc2ccncc2-c2ccnc(Cl)n2)c(F)c1. The Hall–Kier alpha value is -2.73. The summed E-state index contributed by atoms with van der Waals surface area (Å²) in [6.45, 7) is 0. The molecule has 3 aromatic rings. The number of nitrogen functional groups attached to an aromatic ring is 1. The lowest BCUT2D eigenvalue weighted by Crippen LogP contribution is -1.95. The van der Waals surface area contributed by atoms with Gasteiger partial charge in [0.1, 0.15) is 5.75 Å². The number of ether oxygens (including phenoxy) is 1. The van der Waals surface area contributed by atoms with Crippen molar-refractivity contribution in [2.24, 2.45) is 0 Å². The van der Waals surface area contributed by atoms with Gasteiger partial charge in [-0.05, 0) is 35.9 Å². The highest BCUT2D eigenvalue weighted by atomic mass is 35.5. The van der Waals surface area contributed by atoms with E-state index < -0.39 is 5.82 Å². The Balaban J connectivity index is 2.01. The molecule has 0 aliphatic heterocycles. The van der Waals surface area contributed by atoms with E-state index in [1.165, 1.54) is 24.5 Å². The predicted octanol–water partition coefficient (Wildman–Crippen LogP) is 3.71. The van der Waals surface area contributed by atoms with Gasteiger partial charge in [0.25, 0.3) is 0 Å². The molecule has 110 valence electrons. The molecule has 0 saturated heterocycles. The maximum absolute atomic E-state index is 13.9. The van der Waals surface area contributed by atoms with Gasteiger partial charge in [0, 0.05) is 30.3 Å². The second-order valence-corrected chi connectivity index (χ2v) is 4.71. The standard InChI is InChI=1S/C15H10ClFN4O/c16-15-20-6-3-12(21-15)10-8-19-5-4-13(10)22-14-2-1-9(18)7-11(14)17/h1-8H,18H2. The van der Waals surface area contributed by atoms with Crippen molar-refractivity contribution < 1.29 is 9.13 Å². The number of aromatic nitrogens is 3. The quantitative estimate of drug-likeness (QED) is 0.589. The third-order valence-corrected chi connectivity index (χ3v) is 3.04. The fourth-order valence-electron chi connectivity index (χ4n) is 1.87. The summed E-state index contributed by atoms with van der Waals surface area (Å²) in [7, 11) is 0. The minimum atomic E-state index is -0.552. The van der Waals surface area contributed by atoms with Crippen LogP contribution in [0.25, 0.3) is 11.3 Å². The number of pyridine rings is 1. The van der Waals surface area contributed by atoms with Crippen LogP contribution in [0.5, 0.6) is 11.5 Å². The Morgan fingerprint density at radius 3 is 2.73 bits per heavy atom. The van der Waals surface area contributed by atoms with Gasteiger partial charge in [-0.1, -0.05) is 0 Å². The largest absolute Gasteiger partial charge is 0.453 e. The molecule has 0 aliphatic rings. The van der Waals surface area contributed by atoms with Crippen molar-refractivity contribution in [2.45, 2.75) is 0 Å². The van der Waals surface area contributed by atoms with E-state index in [1.54, 1.807) is 24.4 Å². The smallest absolute Gasteiger partial charge is 0.222 e. The summed E-state index contributed by atoms with van der Waals surface area (Å²) in [6.07, 6.45) is 4.62. The molecular formula is C15H10ClFN4O. The van der Waals surface area contributed by atoms with Gasteiger partial charge in [-0.2, -0.15) is 0 Å². The van der Waals surface area contributed by atoms with Gasteiger partial charge in [0.15, 0.2) is 11.6 Å². The molecule has 0 radical (unpaired) electrons. The molecule has 0 saturated carbocycles. The summed E-state index contributed by atoms with van der Waals surface area (Å²) >= 11 is 5.79. The van der Waals surface area contributed by atoms with Gasteiger partial charge < -0.3 is 10.5 Å². The van der Waals surface area contributed by atoms with Crippen LogP contribution in [-0.2, 0) is 0 Å². The van der Waals surface area contributed by atoms with Crippen LogP contribution in [0.3, 0.4) is 0 Å². The molecule has 0 bridgehead atoms. The Morgan fingerprint density at radius 1 is 1.09 bits per heavy atom. The van der Waals surface area contributed by atoms with E-state index in [2.05, 4.69) is 15.0 Å². The molecule has 0 aliphatic carbocycles. The first-order valence-corrected chi connectivity index (χ1v) is 6.67. The van der Waals surface area contributed by atoms with E-state index in [4.69, 9.17) is 22.1 Å². The van der Waals surface area contributed by atoms with Gasteiger partial charge in [-0.15, -0.1) is 0 Å². The van der Waals surface area contributed by atoms with Gasteiger partial charge in [0.05, 0.1) is 11.3 Å². The van der Waals surface area contributed by atoms with E-state index in [0.29, 0.717) is 22.7 Å². The molecular weight excluding hydrogens is 307 g/mol. The van der Waals surface area contributed by atoms with Gasteiger partial charge >= 0.3 is 0 Å². The zero-order valence-corrected chi connectivity index (χ0v) is 12.0. The van der Waals surface area contributed by atoms with Crippen molar-refractivity contribution in [1.82, 2.24) is 15.0 Å². The summed E-state index contributed by atoms with van der Waals surface area (Å²) in [5, 5.41) is 0.103. The average Bonchev–Trinajstić information content (AvgIpc) is 2.50. The number of rotatable bonds is 3. The van der Waals surface area contributed by atoms with Crippen LogP contribution in [-0.4, -0.2) is 15.0 Å². The first kappa shape index (κ1) is 14.2. The molecule has 7 heteroatoms. The van der Waals surface area contributed by atoms with Gasteiger partial charge in [0.2, 0.25) is 5.28 Å². The van der Waals surface area contributed by atoms with Crippen molar-refractivity contribution in [1.29, 1.82) is 0 Å². The summed E-state index contributed by atoms with van der Waals surface area (Å²) in [6, 6.07) is 7.48. The van der Waals surface area contributed by atoms with E-state index in [-0.39, 0.29) is 11.0 Å². The van der Waals surface area contributed by atoms with Crippen LogP contribution in [0, 0.1) is 5.82 Å². The molecule has 0 spiro atoms. The van der Waals surface area contributed by atoms with Gasteiger partial charge in [-0.25, -0.2) is 14.4 Å². The molecule has 0 unspecified atom stereocenters. The molecule has 0 amide bonds. The van der Waals surface area contributed by atoms with Crippen molar-refractivity contribution in [3.63, 3.8) is 0 Å². The molecule has 5 nitrogen and oxygen atoms in total. The minimum Gasteiger partial charge on any atom is -0.453 e. The lowest BCUT2D eigenvalue weighted by molar-refractivity contribution is 0.443. The minimum absolute atomic E-state index is 0.0572. The maximum Gasteiger partial charge on any atom is 0.222 e. The number of nitrogens with two attached hydrogens (primary N) is 1. The lowest BCUT2D eigenvalue weighted by atomic mass is 10.2. The maximum atomic E-state index is 13.9. The summed E-state index contributed by atoms with van der Waals surface area (Å²) in [5.74, 6) is -0.0984. The highest BCUT2D eigenvalue weighted by Gasteiger charge is 2.12. The van der Waals surface area contributed by atoms with Crippen molar-refractivity contribution in [3.05, 3.63) is 60.0 Å². The summed E-state index contributed by atoms with van der Waals surface area (Å²) in [5.41, 5.74) is 6.94. The Morgan fingerprint density at radius 2 is 1.95 bits per heavy atom. The number of halogens is 2. The Bertz CT molecular complexity index is 828. The van der Waals surface area contributed by atoms with Crippen LogP contribution in [0.15, 0.2) is 48.9 Å². The number of anilines is 1. The molecule has 0 fully saturated rings. The van der Waals surface area contributed by atoms with Crippen LogP contribution in [0.2, 0.25) is 5.28 Å². The molecule has 3 rings (SSSR count). The Labute approximate surface area is 130 Å². The number of hydrogen-bond acceptors (Lipinski definition) is 5. The fraction of sp³-hybridized carbons (Fsp3) is 0. The highest BCUT2D eigenvalue weighted by molar-refractivity contribution is 6.28. The molecule has 2 aromatic heterocycles. The molecule has 1 aromatic carbocycles. The summed E-state index contributed by atoms with van der Waals surface area (Å²) < 4.78 is 19.5. The highest BCUT2D eigenvalue weighted by Crippen LogP contribution is 2.33. The first-order valence-electron chi connectivity index (χ1n) is 6.29. The van der Waals surface area contributed by atoms with E-state index in [9.17, 15) is 4.39 Å². The Kier molecular flexibility index (Phi) is 3.84. The average molecular weight is 317 g/mol. The van der Waals surface area contributed by atoms with Crippen LogP contribution >= 0.6 is 11.6 Å². The van der Waals surface area contributed by atoms with Crippen LogP contribution < -0.4 is 10.5 Å². The third-order valence-electron chi connectivity index (χ3n) is 2.86. The van der Waals surface area contributed by atoms with Crippen molar-refractivity contribution in [3.8, 4) is 22.8 Å². The second kappa shape index (κ2) is 5.95. The van der Waals surface area contributed by atoms with Crippen LogP contribution in [0.4, 0.5) is 10.1 Å². The first-order chi connectivity index (χ1) is 10.6.